The highest BCUT2D eigenvalue weighted by Gasteiger charge is 2.13. The van der Waals surface area contributed by atoms with Gasteiger partial charge in [-0.3, -0.25) is 9.59 Å². The maximum Gasteiger partial charge on any atom is 0.255 e. The summed E-state index contributed by atoms with van der Waals surface area (Å²) in [6, 6.07) is 13.2. The molecule has 0 aliphatic rings. The van der Waals surface area contributed by atoms with Gasteiger partial charge < -0.3 is 25.3 Å². The van der Waals surface area contributed by atoms with Gasteiger partial charge in [-0.2, -0.15) is 0 Å². The predicted molar refractivity (Wildman–Crippen MR) is 94.0 cm³/mol. The molecule has 7 nitrogen and oxygen atoms in total. The van der Waals surface area contributed by atoms with Crippen LogP contribution in [0.1, 0.15) is 33.6 Å². The molecule has 2 rings (SSSR count). The average molecular weight is 355 g/mol. The van der Waals surface area contributed by atoms with Crippen LogP contribution < -0.4 is 20.5 Å². The van der Waals surface area contributed by atoms with Gasteiger partial charge in [0.25, 0.3) is 11.8 Å². The van der Waals surface area contributed by atoms with Crippen LogP contribution in [0.2, 0.25) is 0 Å². The van der Waals surface area contributed by atoms with Gasteiger partial charge in [-0.25, -0.2) is 0 Å². The molecule has 136 valence electrons. The Kier molecular flexibility index (Phi) is 6.73. The number of ether oxygens (including phenoxy) is 1. The van der Waals surface area contributed by atoms with E-state index in [2.05, 4.69) is 10.6 Å². The second-order valence-electron chi connectivity index (χ2n) is 5.46. The number of carbonyl (C=O) groups excluding carboxylic acids is 3. The summed E-state index contributed by atoms with van der Waals surface area (Å²) in [5.74, 6) is -1.27. The Balaban J connectivity index is 2.04. The average Bonchev–Trinajstić information content (AvgIpc) is 2.65. The number of amides is 2. The summed E-state index contributed by atoms with van der Waals surface area (Å²) in [6.07, 6.45) is 0.143. The zero-order chi connectivity index (χ0) is 18.9. The summed E-state index contributed by atoms with van der Waals surface area (Å²) in [5.41, 5.74) is 1.09. The van der Waals surface area contributed by atoms with E-state index >= 15 is 0 Å². The lowest BCUT2D eigenvalue weighted by Gasteiger charge is -2.12. The number of nitrogens with one attached hydrogen (secondary N) is 2. The fourth-order valence-corrected chi connectivity index (χ4v) is 2.26. The summed E-state index contributed by atoms with van der Waals surface area (Å²) >= 11 is 0. The highest BCUT2D eigenvalue weighted by molar-refractivity contribution is 6.09. The van der Waals surface area contributed by atoms with E-state index in [0.29, 0.717) is 22.6 Å². The number of rotatable bonds is 8. The fraction of sp³-hybridized carbons (Fsp3) is 0.211. The number of aliphatic carboxylic acids is 1. The second-order valence-corrected chi connectivity index (χ2v) is 5.46. The van der Waals surface area contributed by atoms with E-state index in [0.717, 1.165) is 0 Å². The van der Waals surface area contributed by atoms with Crippen molar-refractivity contribution < 1.29 is 24.2 Å². The molecule has 0 saturated carbocycles. The molecule has 0 bridgehead atoms. The lowest BCUT2D eigenvalue weighted by molar-refractivity contribution is -0.305. The molecule has 7 heteroatoms. The van der Waals surface area contributed by atoms with E-state index in [-0.39, 0.29) is 25.3 Å². The Morgan fingerprint density at radius 2 is 1.69 bits per heavy atom. The minimum atomic E-state index is -1.16. The first-order chi connectivity index (χ1) is 12.5. The normalized spacial score (nSPS) is 10.0. The number of benzene rings is 2. The van der Waals surface area contributed by atoms with Crippen molar-refractivity contribution in [2.75, 3.05) is 19.0 Å². The van der Waals surface area contributed by atoms with Crippen molar-refractivity contribution in [1.82, 2.24) is 5.32 Å². The molecule has 0 radical (unpaired) electrons. The maximum absolute atomic E-state index is 12.4. The van der Waals surface area contributed by atoms with Gasteiger partial charge in [-0.05, 0) is 49.2 Å². The summed E-state index contributed by atoms with van der Waals surface area (Å²) in [4.78, 5) is 35.0. The third-order valence-electron chi connectivity index (χ3n) is 3.62. The summed E-state index contributed by atoms with van der Waals surface area (Å²) in [7, 11) is 1.54. The Morgan fingerprint density at radius 3 is 2.35 bits per heavy atom. The van der Waals surface area contributed by atoms with Crippen molar-refractivity contribution >= 4 is 23.5 Å². The lowest BCUT2D eigenvalue weighted by Crippen LogP contribution is -2.28. The topological polar surface area (TPSA) is 108 Å². The largest absolute Gasteiger partial charge is 0.550 e. The van der Waals surface area contributed by atoms with Crippen LogP contribution in [0.15, 0.2) is 48.5 Å². The molecule has 0 atom stereocenters. The van der Waals surface area contributed by atoms with E-state index in [1.165, 1.54) is 7.11 Å². The molecule has 2 aromatic rings. The van der Waals surface area contributed by atoms with E-state index in [1.54, 1.807) is 48.5 Å². The highest BCUT2D eigenvalue weighted by Crippen LogP contribution is 2.17. The number of methoxy groups -OCH3 is 1. The van der Waals surface area contributed by atoms with Crippen LogP contribution in [0.4, 0.5) is 5.69 Å². The number of para-hydroxylation sites is 1. The zero-order valence-corrected chi connectivity index (χ0v) is 14.3. The van der Waals surface area contributed by atoms with Gasteiger partial charge in [0.1, 0.15) is 5.75 Å². The minimum Gasteiger partial charge on any atom is -0.550 e. The number of hydrogen-bond donors (Lipinski definition) is 2. The molecule has 2 N–H and O–H groups in total. The Bertz CT molecular complexity index is 787. The number of carboxylic acids is 1. The molecule has 0 unspecified atom stereocenters. The van der Waals surface area contributed by atoms with Gasteiger partial charge in [-0.1, -0.05) is 12.1 Å². The Hall–Kier alpha value is -3.35. The molecular weight excluding hydrogens is 336 g/mol. The molecule has 2 amide bonds. The summed E-state index contributed by atoms with van der Waals surface area (Å²) < 4.78 is 5.05. The quantitative estimate of drug-likeness (QED) is 0.692. The smallest absolute Gasteiger partial charge is 0.255 e. The standard InChI is InChI=1S/C19H20N2O5/c1-26-14-10-8-13(9-11-14)18(24)21-16-6-3-2-5-15(16)19(25)20-12-4-7-17(22)23/h2-3,5-6,8-11H,4,7,12H2,1H3,(H,20,25)(H,21,24)(H,22,23)/p-1. The van der Waals surface area contributed by atoms with Crippen molar-refractivity contribution in [3.05, 3.63) is 59.7 Å². The molecule has 26 heavy (non-hydrogen) atoms. The van der Waals surface area contributed by atoms with E-state index in [4.69, 9.17) is 4.74 Å². The number of hydrogen-bond acceptors (Lipinski definition) is 5. The van der Waals surface area contributed by atoms with Crippen LogP contribution in [-0.2, 0) is 4.79 Å². The van der Waals surface area contributed by atoms with Crippen LogP contribution in [0.3, 0.4) is 0 Å². The predicted octanol–water partition coefficient (Wildman–Crippen LogP) is 1.21. The molecule has 0 aliphatic carbocycles. The number of carbonyl (C=O) groups is 3. The molecule has 0 saturated heterocycles. The zero-order valence-electron chi connectivity index (χ0n) is 14.3. The minimum absolute atomic E-state index is 0.129. The van der Waals surface area contributed by atoms with Gasteiger partial charge in [0.15, 0.2) is 0 Å². The molecular formula is C19H19N2O5-. The maximum atomic E-state index is 12.4. The summed E-state index contributed by atoms with van der Waals surface area (Å²) in [5, 5.41) is 15.7. The van der Waals surface area contributed by atoms with Gasteiger partial charge in [-0.15, -0.1) is 0 Å². The van der Waals surface area contributed by atoms with Crippen molar-refractivity contribution in [3.63, 3.8) is 0 Å². The molecule has 0 aliphatic heterocycles. The third-order valence-corrected chi connectivity index (χ3v) is 3.62. The van der Waals surface area contributed by atoms with Crippen molar-refractivity contribution in [1.29, 1.82) is 0 Å². The third kappa shape index (κ3) is 5.34. The Labute approximate surface area is 151 Å². The van der Waals surface area contributed by atoms with Crippen molar-refractivity contribution in [2.45, 2.75) is 12.8 Å². The lowest BCUT2D eigenvalue weighted by atomic mass is 10.1. The van der Waals surface area contributed by atoms with Crippen molar-refractivity contribution in [2.24, 2.45) is 0 Å². The summed E-state index contributed by atoms with van der Waals surface area (Å²) in [6.45, 7) is 0.202. The first-order valence-corrected chi connectivity index (χ1v) is 8.03. The van der Waals surface area contributed by atoms with Crippen LogP contribution in [0.5, 0.6) is 5.75 Å². The van der Waals surface area contributed by atoms with Crippen LogP contribution in [0, 0.1) is 0 Å². The number of carboxylic acid groups (broad SMARTS) is 1. The van der Waals surface area contributed by atoms with Crippen molar-refractivity contribution in [3.8, 4) is 5.75 Å². The monoisotopic (exact) mass is 355 g/mol. The van der Waals surface area contributed by atoms with E-state index in [9.17, 15) is 19.5 Å². The van der Waals surface area contributed by atoms with E-state index < -0.39 is 11.9 Å². The van der Waals surface area contributed by atoms with Crippen LogP contribution in [0.25, 0.3) is 0 Å². The van der Waals surface area contributed by atoms with Crippen LogP contribution in [-0.4, -0.2) is 31.4 Å². The van der Waals surface area contributed by atoms with Gasteiger partial charge in [0.05, 0.1) is 18.4 Å². The van der Waals surface area contributed by atoms with Gasteiger partial charge in [0.2, 0.25) is 0 Å². The van der Waals surface area contributed by atoms with E-state index in [1.807, 2.05) is 0 Å². The molecule has 0 aromatic heterocycles. The molecule has 0 heterocycles. The highest BCUT2D eigenvalue weighted by atomic mass is 16.5. The van der Waals surface area contributed by atoms with Gasteiger partial charge in [0, 0.05) is 18.1 Å². The van der Waals surface area contributed by atoms with Gasteiger partial charge >= 0.3 is 0 Å². The first kappa shape index (κ1) is 19.0. The first-order valence-electron chi connectivity index (χ1n) is 8.03. The SMILES string of the molecule is COc1ccc(C(=O)Nc2ccccc2C(=O)NCCCC(=O)[O-])cc1. The van der Waals surface area contributed by atoms with Crippen LogP contribution >= 0.6 is 0 Å². The molecule has 0 spiro atoms. The number of anilines is 1. The fourth-order valence-electron chi connectivity index (χ4n) is 2.26. The molecule has 2 aromatic carbocycles. The Morgan fingerprint density at radius 1 is 1.00 bits per heavy atom. The second kappa shape index (κ2) is 9.22. The molecule has 0 fully saturated rings.